The van der Waals surface area contributed by atoms with Gasteiger partial charge in [0, 0.05) is 39.8 Å². The molecule has 23 heavy (non-hydrogen) atoms. The van der Waals surface area contributed by atoms with Crippen LogP contribution in [0.15, 0.2) is 22.7 Å². The summed E-state index contributed by atoms with van der Waals surface area (Å²) >= 11 is 5.61. The maximum Gasteiger partial charge on any atom is 0.410 e. The molecule has 0 spiro atoms. The summed E-state index contributed by atoms with van der Waals surface area (Å²) in [5.74, 6) is -0.00643. The normalized spacial score (nSPS) is 15.5. The fourth-order valence-corrected chi connectivity index (χ4v) is 3.87. The largest absolute Gasteiger partial charge is 0.444 e. The molecular formula is C16H20BrIN2O3. The Balaban J connectivity index is 1.96. The molecule has 1 aliphatic heterocycles. The van der Waals surface area contributed by atoms with Crippen molar-refractivity contribution in [2.24, 2.45) is 0 Å². The summed E-state index contributed by atoms with van der Waals surface area (Å²) in [5.41, 5.74) is 0.159. The van der Waals surface area contributed by atoms with Crippen molar-refractivity contribution in [3.8, 4) is 0 Å². The topological polar surface area (TPSA) is 49.9 Å². The van der Waals surface area contributed by atoms with Crippen molar-refractivity contribution in [1.29, 1.82) is 0 Å². The quantitative estimate of drug-likeness (QED) is 0.559. The average molecular weight is 495 g/mol. The Kier molecular flexibility index (Phi) is 5.94. The van der Waals surface area contributed by atoms with Crippen molar-refractivity contribution in [2.75, 3.05) is 26.2 Å². The van der Waals surface area contributed by atoms with E-state index in [1.165, 1.54) is 0 Å². The van der Waals surface area contributed by atoms with Gasteiger partial charge < -0.3 is 14.5 Å². The minimum Gasteiger partial charge on any atom is -0.444 e. The van der Waals surface area contributed by atoms with Crippen LogP contribution in [-0.4, -0.2) is 53.6 Å². The monoisotopic (exact) mass is 494 g/mol. The first-order chi connectivity index (χ1) is 10.7. The highest BCUT2D eigenvalue weighted by Gasteiger charge is 2.28. The zero-order chi connectivity index (χ0) is 17.2. The summed E-state index contributed by atoms with van der Waals surface area (Å²) in [7, 11) is 0. The molecule has 0 saturated carbocycles. The average Bonchev–Trinajstić information content (AvgIpc) is 2.44. The van der Waals surface area contributed by atoms with E-state index in [4.69, 9.17) is 4.74 Å². The van der Waals surface area contributed by atoms with Gasteiger partial charge in [-0.3, -0.25) is 4.79 Å². The molecule has 2 rings (SSSR count). The van der Waals surface area contributed by atoms with Crippen LogP contribution in [-0.2, 0) is 4.74 Å². The highest BCUT2D eigenvalue weighted by atomic mass is 127. The van der Waals surface area contributed by atoms with Crippen LogP contribution in [0.25, 0.3) is 0 Å². The third-order valence-corrected chi connectivity index (χ3v) is 4.41. The minimum absolute atomic E-state index is 0.00643. The van der Waals surface area contributed by atoms with E-state index in [2.05, 4.69) is 38.5 Å². The Morgan fingerprint density at radius 1 is 1.09 bits per heavy atom. The van der Waals surface area contributed by atoms with E-state index in [-0.39, 0.29) is 12.0 Å². The molecule has 7 heteroatoms. The van der Waals surface area contributed by atoms with Gasteiger partial charge in [-0.05, 0) is 61.6 Å². The van der Waals surface area contributed by atoms with Gasteiger partial charge in [-0.15, -0.1) is 0 Å². The van der Waals surface area contributed by atoms with E-state index in [0.717, 1.165) is 8.04 Å². The Hall–Kier alpha value is -0.830. The predicted octanol–water partition coefficient (Wildman–Crippen LogP) is 3.75. The van der Waals surface area contributed by atoms with Gasteiger partial charge in [0.05, 0.1) is 0 Å². The maximum atomic E-state index is 12.6. The number of benzene rings is 1. The summed E-state index contributed by atoms with van der Waals surface area (Å²) in [5, 5.41) is 0. The Morgan fingerprint density at radius 3 is 2.17 bits per heavy atom. The lowest BCUT2D eigenvalue weighted by Crippen LogP contribution is -2.51. The number of piperazine rings is 1. The van der Waals surface area contributed by atoms with Gasteiger partial charge in [-0.2, -0.15) is 0 Å². The summed E-state index contributed by atoms with van der Waals surface area (Å²) in [6.45, 7) is 7.55. The molecule has 0 unspecified atom stereocenters. The first kappa shape index (κ1) is 18.5. The lowest BCUT2D eigenvalue weighted by molar-refractivity contribution is 0.0141. The number of halogens is 2. The second-order valence-electron chi connectivity index (χ2n) is 6.42. The molecule has 0 aromatic heterocycles. The second-order valence-corrected chi connectivity index (χ2v) is 8.58. The standard InChI is InChI=1S/C16H20BrIN2O3/c1-16(2,3)23-15(22)20-6-4-19(5-7-20)14(21)11-8-12(17)10-13(18)9-11/h8-10H,4-7H2,1-3H3. The molecule has 126 valence electrons. The minimum atomic E-state index is -0.503. The molecule has 0 atom stereocenters. The van der Waals surface area contributed by atoms with Crippen molar-refractivity contribution >= 4 is 50.5 Å². The smallest absolute Gasteiger partial charge is 0.410 e. The van der Waals surface area contributed by atoms with Crippen LogP contribution in [0.3, 0.4) is 0 Å². The number of hydrogen-bond acceptors (Lipinski definition) is 3. The van der Waals surface area contributed by atoms with E-state index in [0.29, 0.717) is 31.7 Å². The fraction of sp³-hybridized carbons (Fsp3) is 0.500. The van der Waals surface area contributed by atoms with Crippen molar-refractivity contribution in [1.82, 2.24) is 9.80 Å². The van der Waals surface area contributed by atoms with Gasteiger partial charge >= 0.3 is 6.09 Å². The van der Waals surface area contributed by atoms with Crippen molar-refractivity contribution < 1.29 is 14.3 Å². The Bertz CT molecular complexity index is 588. The molecule has 2 amide bonds. The number of hydrogen-bond donors (Lipinski definition) is 0. The van der Waals surface area contributed by atoms with E-state index >= 15 is 0 Å². The Labute approximate surface area is 158 Å². The summed E-state index contributed by atoms with van der Waals surface area (Å²) in [4.78, 5) is 28.0. The molecule has 1 aromatic carbocycles. The maximum absolute atomic E-state index is 12.6. The van der Waals surface area contributed by atoms with Crippen LogP contribution in [0.4, 0.5) is 4.79 Å². The highest BCUT2D eigenvalue weighted by molar-refractivity contribution is 14.1. The van der Waals surface area contributed by atoms with Crippen LogP contribution in [0.1, 0.15) is 31.1 Å². The van der Waals surface area contributed by atoms with Gasteiger partial charge in [-0.1, -0.05) is 15.9 Å². The molecule has 1 aromatic rings. The number of carbonyl (C=O) groups is 2. The molecular weight excluding hydrogens is 475 g/mol. The third kappa shape index (κ3) is 5.34. The SMILES string of the molecule is CC(C)(C)OC(=O)N1CCN(C(=O)c2cc(Br)cc(I)c2)CC1. The van der Waals surface area contributed by atoms with Crippen LogP contribution in [0.2, 0.25) is 0 Å². The number of ether oxygens (including phenoxy) is 1. The van der Waals surface area contributed by atoms with Crippen molar-refractivity contribution in [2.45, 2.75) is 26.4 Å². The first-order valence-corrected chi connectivity index (χ1v) is 9.26. The van der Waals surface area contributed by atoms with E-state index in [9.17, 15) is 9.59 Å². The lowest BCUT2D eigenvalue weighted by atomic mass is 10.2. The third-order valence-electron chi connectivity index (χ3n) is 3.33. The van der Waals surface area contributed by atoms with Crippen molar-refractivity contribution in [3.63, 3.8) is 0 Å². The zero-order valence-electron chi connectivity index (χ0n) is 13.4. The second kappa shape index (κ2) is 7.38. The van der Waals surface area contributed by atoms with Crippen molar-refractivity contribution in [3.05, 3.63) is 31.8 Å². The molecule has 0 aliphatic carbocycles. The molecule has 1 heterocycles. The molecule has 0 N–H and O–H groups in total. The van der Waals surface area contributed by atoms with Crippen LogP contribution < -0.4 is 0 Å². The lowest BCUT2D eigenvalue weighted by Gasteiger charge is -2.35. The number of nitrogens with zero attached hydrogens (tertiary/aromatic N) is 2. The van der Waals surface area contributed by atoms with Crippen LogP contribution in [0, 0.1) is 3.57 Å². The number of carbonyl (C=O) groups excluding carboxylic acids is 2. The zero-order valence-corrected chi connectivity index (χ0v) is 17.2. The Morgan fingerprint density at radius 2 is 1.65 bits per heavy atom. The molecule has 5 nitrogen and oxygen atoms in total. The molecule has 0 bridgehead atoms. The fourth-order valence-electron chi connectivity index (χ4n) is 2.28. The summed E-state index contributed by atoms with van der Waals surface area (Å²) in [6, 6.07) is 5.65. The van der Waals surface area contributed by atoms with E-state index in [1.807, 2.05) is 39.0 Å². The predicted molar refractivity (Wildman–Crippen MR) is 101 cm³/mol. The van der Waals surface area contributed by atoms with E-state index < -0.39 is 5.60 Å². The van der Waals surface area contributed by atoms with Gasteiger partial charge in [0.2, 0.25) is 0 Å². The highest BCUT2D eigenvalue weighted by Crippen LogP contribution is 2.19. The molecule has 1 saturated heterocycles. The van der Waals surface area contributed by atoms with Gasteiger partial charge in [0.15, 0.2) is 0 Å². The van der Waals surface area contributed by atoms with E-state index in [1.54, 1.807) is 9.80 Å². The van der Waals surface area contributed by atoms with Crippen LogP contribution in [0.5, 0.6) is 0 Å². The van der Waals surface area contributed by atoms with Crippen LogP contribution >= 0.6 is 38.5 Å². The van der Waals surface area contributed by atoms with Gasteiger partial charge in [0.1, 0.15) is 5.60 Å². The molecule has 0 radical (unpaired) electrons. The first-order valence-electron chi connectivity index (χ1n) is 7.39. The number of rotatable bonds is 1. The molecule has 1 aliphatic rings. The molecule has 1 fully saturated rings. The summed E-state index contributed by atoms with van der Waals surface area (Å²) < 4.78 is 7.26. The van der Waals surface area contributed by atoms with Gasteiger partial charge in [-0.25, -0.2) is 4.79 Å². The number of amides is 2. The summed E-state index contributed by atoms with van der Waals surface area (Å²) in [6.07, 6.45) is -0.318. The van der Waals surface area contributed by atoms with Gasteiger partial charge in [0.25, 0.3) is 5.91 Å².